The van der Waals surface area contributed by atoms with Gasteiger partial charge in [-0.3, -0.25) is 14.2 Å². The van der Waals surface area contributed by atoms with E-state index >= 15 is 0 Å². The minimum atomic E-state index is -1.21. The summed E-state index contributed by atoms with van der Waals surface area (Å²) in [4.78, 5) is 35.9. The van der Waals surface area contributed by atoms with Gasteiger partial charge >= 0.3 is 0 Å². The van der Waals surface area contributed by atoms with Crippen LogP contribution in [0.4, 0.5) is 17.2 Å². The minimum Gasteiger partial charge on any atom is -0.392 e. The number of aliphatic hydroxyl groups is 2. The van der Waals surface area contributed by atoms with Crippen LogP contribution in [0.3, 0.4) is 0 Å². The fourth-order valence-electron chi connectivity index (χ4n) is 6.62. The van der Waals surface area contributed by atoms with Gasteiger partial charge in [-0.2, -0.15) is 0 Å². The third-order valence-corrected chi connectivity index (χ3v) is 9.08. The van der Waals surface area contributed by atoms with E-state index in [1.54, 1.807) is 63.0 Å². The van der Waals surface area contributed by atoms with Gasteiger partial charge in [0.05, 0.1) is 37.7 Å². The Bertz CT molecular complexity index is 2130. The second kappa shape index (κ2) is 12.0. The molecule has 0 amide bonds. The molecule has 0 radical (unpaired) electrons. The van der Waals surface area contributed by atoms with E-state index in [0.717, 1.165) is 18.5 Å². The molecule has 6 heterocycles. The molecule has 2 aliphatic rings. The van der Waals surface area contributed by atoms with Gasteiger partial charge in [-0.1, -0.05) is 13.8 Å². The van der Waals surface area contributed by atoms with E-state index in [-0.39, 0.29) is 34.9 Å². The van der Waals surface area contributed by atoms with Crippen LogP contribution in [-0.4, -0.2) is 65.2 Å². The highest BCUT2D eigenvalue weighted by atomic mass is 16.5. The summed E-state index contributed by atoms with van der Waals surface area (Å²) < 4.78 is 10.1. The first-order chi connectivity index (χ1) is 22.9. The van der Waals surface area contributed by atoms with Crippen molar-refractivity contribution in [2.24, 2.45) is 12.5 Å². The number of aryl methyl sites for hydroxylation is 1. The van der Waals surface area contributed by atoms with Crippen molar-refractivity contribution < 1.29 is 14.9 Å². The Balaban J connectivity index is 1.16. The smallest absolute Gasteiger partial charge is 0.280 e. The summed E-state index contributed by atoms with van der Waals surface area (Å²) in [7, 11) is 1.65. The van der Waals surface area contributed by atoms with Crippen molar-refractivity contribution in [3.8, 4) is 16.9 Å². The molecule has 250 valence electrons. The molecule has 1 saturated heterocycles. The Kier molecular flexibility index (Phi) is 7.95. The van der Waals surface area contributed by atoms with Crippen LogP contribution in [0.25, 0.3) is 22.5 Å². The van der Waals surface area contributed by atoms with Crippen LogP contribution in [0, 0.1) is 5.41 Å². The van der Waals surface area contributed by atoms with Crippen LogP contribution < -0.4 is 27.1 Å². The molecular weight excluding hydrogens is 612 g/mol. The number of rotatable bonds is 10. The number of aromatic nitrogens is 5. The lowest BCUT2D eigenvalue weighted by molar-refractivity contribution is -0.0159. The summed E-state index contributed by atoms with van der Waals surface area (Å²) in [6.07, 6.45) is 10.2. The molecule has 5 N–H and O–H groups in total. The Labute approximate surface area is 276 Å². The summed E-state index contributed by atoms with van der Waals surface area (Å²) in [5, 5.41) is 30.8. The van der Waals surface area contributed by atoms with E-state index in [1.807, 2.05) is 16.7 Å². The average molecular weight is 653 g/mol. The first kappa shape index (κ1) is 31.8. The van der Waals surface area contributed by atoms with Crippen molar-refractivity contribution in [3.63, 3.8) is 0 Å². The summed E-state index contributed by atoms with van der Waals surface area (Å²) in [5.74, 6) is 0.753. The van der Waals surface area contributed by atoms with Crippen LogP contribution in [0.2, 0.25) is 0 Å². The number of nitrogens with one attached hydrogen (secondary N) is 3. The van der Waals surface area contributed by atoms with E-state index in [0.29, 0.717) is 59.3 Å². The van der Waals surface area contributed by atoms with Crippen molar-refractivity contribution in [1.82, 2.24) is 28.8 Å². The van der Waals surface area contributed by atoms with Crippen LogP contribution in [0.5, 0.6) is 0 Å². The number of aliphatic hydroxyl groups excluding tert-OH is 1. The normalized spacial score (nSPS) is 16.8. The summed E-state index contributed by atoms with van der Waals surface area (Å²) in [6.45, 7) is 7.35. The molecule has 0 saturated carbocycles. The Hall–Kier alpha value is -4.82. The number of anilines is 3. The Morgan fingerprint density at radius 3 is 2.60 bits per heavy atom. The average Bonchev–Trinajstić information content (AvgIpc) is 3.51. The number of hydrogen-bond acceptors (Lipinski definition) is 10. The zero-order chi connectivity index (χ0) is 33.8. The predicted molar refractivity (Wildman–Crippen MR) is 183 cm³/mol. The first-order valence-corrected chi connectivity index (χ1v) is 16.0. The number of hydrogen-bond donors (Lipinski definition) is 5. The SMILES string of the molecule is Cn1cc(-c2ccnc(-n3ccn4c5c(cc4c3=O)CC(C)(C)C5)c2CO)cc(Nc2ccc(NC(C)(O)CNC3COC3)cn2)c1=O. The number of fused-ring (bicyclic) bond motifs is 3. The summed E-state index contributed by atoms with van der Waals surface area (Å²) in [5.41, 5.74) is 3.97. The Morgan fingerprint density at radius 2 is 1.90 bits per heavy atom. The molecule has 1 unspecified atom stereocenters. The summed E-state index contributed by atoms with van der Waals surface area (Å²) >= 11 is 0. The van der Waals surface area contributed by atoms with E-state index in [9.17, 15) is 19.8 Å². The third-order valence-electron chi connectivity index (χ3n) is 9.08. The maximum atomic E-state index is 13.8. The molecule has 48 heavy (non-hydrogen) atoms. The molecule has 0 spiro atoms. The van der Waals surface area contributed by atoms with Gasteiger partial charge in [0.15, 0.2) is 0 Å². The van der Waals surface area contributed by atoms with Crippen molar-refractivity contribution in [2.75, 3.05) is 30.4 Å². The second-order valence-corrected chi connectivity index (χ2v) is 13.8. The van der Waals surface area contributed by atoms with Gasteiger partial charge in [-0.05, 0) is 66.6 Å². The largest absolute Gasteiger partial charge is 0.392 e. The molecule has 0 bridgehead atoms. The highest BCUT2D eigenvalue weighted by Gasteiger charge is 2.32. The van der Waals surface area contributed by atoms with Gasteiger partial charge in [0.25, 0.3) is 11.1 Å². The zero-order valence-corrected chi connectivity index (χ0v) is 27.4. The molecule has 7 rings (SSSR count). The highest BCUT2D eigenvalue weighted by molar-refractivity contribution is 5.73. The number of nitrogens with zero attached hydrogens (tertiary/aromatic N) is 5. The van der Waals surface area contributed by atoms with Crippen LogP contribution >= 0.6 is 0 Å². The van der Waals surface area contributed by atoms with Crippen LogP contribution in [0.1, 0.15) is 37.6 Å². The Morgan fingerprint density at radius 1 is 1.08 bits per heavy atom. The lowest BCUT2D eigenvalue weighted by Gasteiger charge is -2.32. The zero-order valence-electron chi connectivity index (χ0n) is 27.4. The fraction of sp³-hybridized carbons (Fsp3) is 0.371. The number of ether oxygens (including phenoxy) is 1. The molecule has 1 aliphatic carbocycles. The quantitative estimate of drug-likeness (QED) is 0.142. The van der Waals surface area contributed by atoms with E-state index < -0.39 is 5.72 Å². The molecule has 0 aromatic carbocycles. The second-order valence-electron chi connectivity index (χ2n) is 13.8. The highest BCUT2D eigenvalue weighted by Crippen LogP contribution is 2.37. The molecule has 1 fully saturated rings. The van der Waals surface area contributed by atoms with Gasteiger partial charge in [-0.25, -0.2) is 9.97 Å². The molecule has 1 atom stereocenters. The van der Waals surface area contributed by atoms with Gasteiger partial charge in [0.2, 0.25) is 0 Å². The van der Waals surface area contributed by atoms with Crippen LogP contribution in [0.15, 0.2) is 70.9 Å². The van der Waals surface area contributed by atoms with Crippen molar-refractivity contribution >= 4 is 22.7 Å². The maximum Gasteiger partial charge on any atom is 0.280 e. The van der Waals surface area contributed by atoms with Crippen molar-refractivity contribution in [3.05, 3.63) is 98.8 Å². The molecule has 1 aliphatic heterocycles. The third kappa shape index (κ3) is 6.01. The first-order valence-electron chi connectivity index (χ1n) is 16.0. The minimum absolute atomic E-state index is 0.159. The predicted octanol–water partition coefficient (Wildman–Crippen LogP) is 2.72. The van der Waals surface area contributed by atoms with Crippen molar-refractivity contribution in [1.29, 1.82) is 0 Å². The molecule has 13 heteroatoms. The lowest BCUT2D eigenvalue weighted by atomic mass is 9.90. The number of pyridine rings is 3. The van der Waals surface area contributed by atoms with E-state index in [4.69, 9.17) is 4.74 Å². The topological polar surface area (TPSA) is 160 Å². The molecule has 5 aromatic rings. The van der Waals surface area contributed by atoms with Gasteiger partial charge in [0, 0.05) is 55.2 Å². The lowest BCUT2D eigenvalue weighted by Crippen LogP contribution is -2.53. The molecule has 5 aromatic heterocycles. The maximum absolute atomic E-state index is 13.8. The van der Waals surface area contributed by atoms with Crippen molar-refractivity contribution in [2.45, 2.75) is 52.0 Å². The van der Waals surface area contributed by atoms with Gasteiger partial charge in [-0.15, -0.1) is 0 Å². The molecule has 13 nitrogen and oxygen atoms in total. The van der Waals surface area contributed by atoms with Gasteiger partial charge in [0.1, 0.15) is 28.6 Å². The monoisotopic (exact) mass is 652 g/mol. The standard InChI is InChI=1S/C35H40N8O5/c1-34(2)13-21-12-28-33(46)43(10-9-42(28)29(21)14-34)31-26(17-44)25(7-8-36-31)22-11-27(32(45)41(4)16-22)39-30-6-5-23(15-37-30)40-35(3,47)20-38-24-18-48-19-24/h5-12,15-16,24,38,40,44,47H,13-14,17-20H2,1-4H3,(H,37,39). The van der Waals surface area contributed by atoms with E-state index in [2.05, 4.69) is 39.8 Å². The van der Waals surface area contributed by atoms with Crippen LogP contribution in [-0.2, 0) is 31.2 Å². The van der Waals surface area contributed by atoms with E-state index in [1.165, 1.54) is 14.7 Å². The molecular formula is C35H40N8O5. The fourth-order valence-corrected chi connectivity index (χ4v) is 6.62. The van der Waals surface area contributed by atoms with Gasteiger partial charge < -0.3 is 39.9 Å². The summed E-state index contributed by atoms with van der Waals surface area (Å²) in [6, 6.07) is 9.13.